The molecule has 3 heteroatoms. The summed E-state index contributed by atoms with van der Waals surface area (Å²) in [5.74, 6) is 0. The number of aromatic nitrogens is 2. The predicted octanol–water partition coefficient (Wildman–Crippen LogP) is 2.51. The van der Waals surface area contributed by atoms with Gasteiger partial charge in [0.25, 0.3) is 0 Å². The van der Waals surface area contributed by atoms with Crippen LogP contribution in [-0.2, 0) is 6.42 Å². The lowest BCUT2D eigenvalue weighted by Crippen LogP contribution is -2.17. The number of rotatable bonds is 3. The third-order valence-corrected chi connectivity index (χ3v) is 2.71. The van der Waals surface area contributed by atoms with Crippen LogP contribution >= 0.6 is 0 Å². The summed E-state index contributed by atoms with van der Waals surface area (Å²) in [5.41, 5.74) is 8.28. The van der Waals surface area contributed by atoms with Crippen LogP contribution in [0.3, 0.4) is 0 Å². The number of nitrogens with zero attached hydrogens (tertiary/aromatic N) is 2. The highest BCUT2D eigenvalue weighted by Crippen LogP contribution is 2.19. The standard InChI is InChI=1S/C13H19N3/c1-9(2)16-13-5-4-11(6-10(3)14)7-12(13)8-15-16/h4-5,7-10H,6,14H2,1-3H3. The molecular weight excluding hydrogens is 198 g/mol. The maximum absolute atomic E-state index is 5.80. The van der Waals surface area contributed by atoms with Crippen LogP contribution in [-0.4, -0.2) is 15.8 Å². The van der Waals surface area contributed by atoms with E-state index in [0.29, 0.717) is 6.04 Å². The van der Waals surface area contributed by atoms with Gasteiger partial charge in [-0.05, 0) is 44.9 Å². The van der Waals surface area contributed by atoms with Crippen LogP contribution in [0.2, 0.25) is 0 Å². The van der Waals surface area contributed by atoms with Gasteiger partial charge in [-0.2, -0.15) is 5.10 Å². The highest BCUT2D eigenvalue weighted by Gasteiger charge is 2.06. The van der Waals surface area contributed by atoms with E-state index in [1.165, 1.54) is 16.5 Å². The van der Waals surface area contributed by atoms with Crippen LogP contribution in [0.5, 0.6) is 0 Å². The highest BCUT2D eigenvalue weighted by atomic mass is 15.3. The normalized spacial score (nSPS) is 13.6. The van der Waals surface area contributed by atoms with Crippen molar-refractivity contribution in [1.82, 2.24) is 9.78 Å². The van der Waals surface area contributed by atoms with Crippen molar-refractivity contribution in [3.05, 3.63) is 30.0 Å². The van der Waals surface area contributed by atoms with Gasteiger partial charge in [0.15, 0.2) is 0 Å². The van der Waals surface area contributed by atoms with Crippen LogP contribution in [0.1, 0.15) is 32.4 Å². The van der Waals surface area contributed by atoms with Crippen molar-refractivity contribution < 1.29 is 0 Å². The van der Waals surface area contributed by atoms with E-state index in [1.54, 1.807) is 0 Å². The second-order valence-electron chi connectivity index (χ2n) is 4.76. The Morgan fingerprint density at radius 3 is 2.69 bits per heavy atom. The lowest BCUT2D eigenvalue weighted by molar-refractivity contribution is 0.551. The molecule has 0 radical (unpaired) electrons. The van der Waals surface area contributed by atoms with Crippen molar-refractivity contribution in [2.45, 2.75) is 39.3 Å². The Morgan fingerprint density at radius 1 is 1.31 bits per heavy atom. The minimum atomic E-state index is 0.206. The first-order valence-corrected chi connectivity index (χ1v) is 5.79. The summed E-state index contributed by atoms with van der Waals surface area (Å²) in [7, 11) is 0. The molecule has 0 aliphatic heterocycles. The SMILES string of the molecule is CC(N)Cc1ccc2c(cnn2C(C)C)c1. The zero-order valence-corrected chi connectivity index (χ0v) is 10.1. The summed E-state index contributed by atoms with van der Waals surface area (Å²) in [5, 5.41) is 5.60. The lowest BCUT2D eigenvalue weighted by atomic mass is 10.1. The fourth-order valence-electron chi connectivity index (χ4n) is 2.01. The van der Waals surface area contributed by atoms with Gasteiger partial charge in [0, 0.05) is 17.5 Å². The first-order valence-electron chi connectivity index (χ1n) is 5.79. The molecule has 86 valence electrons. The van der Waals surface area contributed by atoms with Gasteiger partial charge in [-0.25, -0.2) is 0 Å². The van der Waals surface area contributed by atoms with E-state index in [1.807, 2.05) is 17.8 Å². The Balaban J connectivity index is 2.41. The average molecular weight is 217 g/mol. The maximum Gasteiger partial charge on any atom is 0.0685 e. The maximum atomic E-state index is 5.80. The molecule has 0 bridgehead atoms. The molecule has 1 unspecified atom stereocenters. The zero-order chi connectivity index (χ0) is 11.7. The van der Waals surface area contributed by atoms with Crippen molar-refractivity contribution in [1.29, 1.82) is 0 Å². The molecule has 1 aromatic heterocycles. The van der Waals surface area contributed by atoms with Crippen molar-refractivity contribution in [3.63, 3.8) is 0 Å². The molecule has 1 aromatic carbocycles. The van der Waals surface area contributed by atoms with Gasteiger partial charge in [0.2, 0.25) is 0 Å². The van der Waals surface area contributed by atoms with Crippen LogP contribution in [0.15, 0.2) is 24.4 Å². The topological polar surface area (TPSA) is 43.8 Å². The Kier molecular flexibility index (Phi) is 2.97. The molecule has 0 amide bonds. The molecular formula is C13H19N3. The Bertz CT molecular complexity index is 483. The first kappa shape index (κ1) is 11.1. The Labute approximate surface area is 96.2 Å². The van der Waals surface area contributed by atoms with Crippen molar-refractivity contribution in [3.8, 4) is 0 Å². The van der Waals surface area contributed by atoms with E-state index < -0.39 is 0 Å². The van der Waals surface area contributed by atoms with Crippen LogP contribution < -0.4 is 5.73 Å². The van der Waals surface area contributed by atoms with Gasteiger partial charge in [0.1, 0.15) is 0 Å². The molecule has 3 nitrogen and oxygen atoms in total. The third-order valence-electron chi connectivity index (χ3n) is 2.71. The van der Waals surface area contributed by atoms with E-state index in [4.69, 9.17) is 5.73 Å². The Hall–Kier alpha value is -1.35. The number of hydrogen-bond acceptors (Lipinski definition) is 2. The van der Waals surface area contributed by atoms with Crippen molar-refractivity contribution in [2.75, 3.05) is 0 Å². The van der Waals surface area contributed by atoms with E-state index in [0.717, 1.165) is 6.42 Å². The van der Waals surface area contributed by atoms with Crippen molar-refractivity contribution in [2.24, 2.45) is 5.73 Å². The summed E-state index contributed by atoms with van der Waals surface area (Å²) in [6, 6.07) is 7.08. The second kappa shape index (κ2) is 4.26. The molecule has 0 fully saturated rings. The average Bonchev–Trinajstić information content (AvgIpc) is 2.59. The monoisotopic (exact) mass is 217 g/mol. The van der Waals surface area contributed by atoms with Crippen molar-refractivity contribution >= 4 is 10.9 Å². The molecule has 1 atom stereocenters. The molecule has 0 aliphatic carbocycles. The number of fused-ring (bicyclic) bond motifs is 1. The zero-order valence-electron chi connectivity index (χ0n) is 10.1. The van der Waals surface area contributed by atoms with Gasteiger partial charge >= 0.3 is 0 Å². The molecule has 1 heterocycles. The molecule has 2 aromatic rings. The second-order valence-corrected chi connectivity index (χ2v) is 4.76. The van der Waals surface area contributed by atoms with Crippen LogP contribution in [0, 0.1) is 0 Å². The van der Waals surface area contributed by atoms with E-state index in [-0.39, 0.29) is 6.04 Å². The first-order chi connectivity index (χ1) is 7.58. The molecule has 2 rings (SSSR count). The predicted molar refractivity (Wildman–Crippen MR) is 67.5 cm³/mol. The van der Waals surface area contributed by atoms with Gasteiger partial charge in [-0.1, -0.05) is 6.07 Å². The molecule has 16 heavy (non-hydrogen) atoms. The van der Waals surface area contributed by atoms with Gasteiger partial charge in [0.05, 0.1) is 11.7 Å². The molecule has 0 spiro atoms. The third kappa shape index (κ3) is 2.09. The fourth-order valence-corrected chi connectivity index (χ4v) is 2.01. The van der Waals surface area contributed by atoms with Gasteiger partial charge < -0.3 is 5.73 Å². The molecule has 0 aliphatic rings. The van der Waals surface area contributed by atoms with E-state index in [9.17, 15) is 0 Å². The fraction of sp³-hybridized carbons (Fsp3) is 0.462. The lowest BCUT2D eigenvalue weighted by Gasteiger charge is -2.08. The summed E-state index contributed by atoms with van der Waals surface area (Å²) in [6.45, 7) is 6.31. The Morgan fingerprint density at radius 2 is 2.06 bits per heavy atom. The van der Waals surface area contributed by atoms with Crippen LogP contribution in [0.4, 0.5) is 0 Å². The number of benzene rings is 1. The summed E-state index contributed by atoms with van der Waals surface area (Å²) >= 11 is 0. The molecule has 0 saturated carbocycles. The highest BCUT2D eigenvalue weighted by molar-refractivity contribution is 5.79. The summed E-state index contributed by atoms with van der Waals surface area (Å²) in [6.07, 6.45) is 2.85. The van der Waals surface area contributed by atoms with E-state index in [2.05, 4.69) is 37.1 Å². The summed E-state index contributed by atoms with van der Waals surface area (Å²) < 4.78 is 2.05. The minimum Gasteiger partial charge on any atom is -0.328 e. The summed E-state index contributed by atoms with van der Waals surface area (Å²) in [4.78, 5) is 0. The van der Waals surface area contributed by atoms with Crippen LogP contribution in [0.25, 0.3) is 10.9 Å². The number of nitrogens with two attached hydrogens (primary N) is 1. The smallest absolute Gasteiger partial charge is 0.0685 e. The quantitative estimate of drug-likeness (QED) is 0.858. The van der Waals surface area contributed by atoms with Gasteiger partial charge in [-0.15, -0.1) is 0 Å². The molecule has 0 saturated heterocycles. The molecule has 2 N–H and O–H groups in total. The largest absolute Gasteiger partial charge is 0.328 e. The minimum absolute atomic E-state index is 0.206. The van der Waals surface area contributed by atoms with E-state index >= 15 is 0 Å². The number of hydrogen-bond donors (Lipinski definition) is 1. The van der Waals surface area contributed by atoms with Gasteiger partial charge in [-0.3, -0.25) is 4.68 Å².